The number of aromatic carboxylic acids is 1. The second kappa shape index (κ2) is 2.86. The minimum Gasteiger partial charge on any atom is -0.478 e. The maximum absolute atomic E-state index is 10.9. The number of aromatic amines is 1. The van der Waals surface area contributed by atoms with Crippen LogP contribution in [0.15, 0.2) is 18.2 Å². The molecule has 3 rings (SSSR count). The predicted molar refractivity (Wildman–Crippen MR) is 57.3 cm³/mol. The molecule has 0 fully saturated rings. The van der Waals surface area contributed by atoms with Crippen LogP contribution >= 0.6 is 0 Å². The van der Waals surface area contributed by atoms with Gasteiger partial charge in [0.05, 0.1) is 5.56 Å². The Kier molecular flexibility index (Phi) is 1.63. The molecule has 0 unspecified atom stereocenters. The van der Waals surface area contributed by atoms with Crippen molar-refractivity contribution in [2.45, 2.75) is 19.3 Å². The first-order valence-corrected chi connectivity index (χ1v) is 5.12. The molecule has 1 heterocycles. The van der Waals surface area contributed by atoms with Crippen LogP contribution in [0.4, 0.5) is 0 Å². The van der Waals surface area contributed by atoms with Crippen LogP contribution in [-0.2, 0) is 12.8 Å². The van der Waals surface area contributed by atoms with Crippen LogP contribution < -0.4 is 0 Å². The van der Waals surface area contributed by atoms with E-state index in [1.165, 1.54) is 17.7 Å². The number of rotatable bonds is 1. The number of hydrogen-bond donors (Lipinski definition) is 2. The van der Waals surface area contributed by atoms with E-state index in [9.17, 15) is 4.79 Å². The average molecular weight is 201 g/mol. The van der Waals surface area contributed by atoms with Gasteiger partial charge in [0, 0.05) is 16.6 Å². The Morgan fingerprint density at radius 2 is 2.20 bits per heavy atom. The van der Waals surface area contributed by atoms with Gasteiger partial charge in [0.2, 0.25) is 0 Å². The molecule has 2 aromatic rings. The van der Waals surface area contributed by atoms with Crippen LogP contribution in [0.2, 0.25) is 0 Å². The van der Waals surface area contributed by atoms with Gasteiger partial charge in [-0.2, -0.15) is 0 Å². The molecule has 76 valence electrons. The number of benzene rings is 1. The molecule has 0 radical (unpaired) electrons. The summed E-state index contributed by atoms with van der Waals surface area (Å²) < 4.78 is 0. The Balaban J connectivity index is 2.29. The minimum atomic E-state index is -0.857. The lowest BCUT2D eigenvalue weighted by molar-refractivity contribution is 0.0697. The topological polar surface area (TPSA) is 53.1 Å². The van der Waals surface area contributed by atoms with E-state index in [4.69, 9.17) is 5.11 Å². The van der Waals surface area contributed by atoms with E-state index in [0.717, 1.165) is 23.7 Å². The fourth-order valence-corrected chi connectivity index (χ4v) is 2.38. The van der Waals surface area contributed by atoms with Crippen molar-refractivity contribution in [3.8, 4) is 0 Å². The molecule has 0 spiro atoms. The Hall–Kier alpha value is -1.77. The summed E-state index contributed by atoms with van der Waals surface area (Å²) in [5.74, 6) is -0.857. The first-order valence-electron chi connectivity index (χ1n) is 5.12. The normalized spacial score (nSPS) is 14.4. The van der Waals surface area contributed by atoms with Crippen molar-refractivity contribution in [3.05, 3.63) is 35.0 Å². The lowest BCUT2D eigenvalue weighted by atomic mass is 10.1. The Bertz CT molecular complexity index is 554. The molecule has 0 saturated heterocycles. The zero-order chi connectivity index (χ0) is 10.4. The number of aryl methyl sites for hydroxylation is 2. The zero-order valence-electron chi connectivity index (χ0n) is 8.21. The van der Waals surface area contributed by atoms with Crippen molar-refractivity contribution < 1.29 is 9.90 Å². The number of H-pyrrole nitrogens is 1. The Morgan fingerprint density at radius 1 is 1.33 bits per heavy atom. The van der Waals surface area contributed by atoms with Gasteiger partial charge in [0.15, 0.2) is 0 Å². The molecule has 0 aliphatic heterocycles. The number of carboxylic acids is 1. The first-order chi connectivity index (χ1) is 7.25. The van der Waals surface area contributed by atoms with E-state index < -0.39 is 5.97 Å². The third-order valence-corrected chi connectivity index (χ3v) is 3.10. The zero-order valence-corrected chi connectivity index (χ0v) is 8.21. The highest BCUT2D eigenvalue weighted by Gasteiger charge is 2.17. The fourth-order valence-electron chi connectivity index (χ4n) is 2.38. The van der Waals surface area contributed by atoms with Gasteiger partial charge in [0.25, 0.3) is 0 Å². The van der Waals surface area contributed by atoms with Gasteiger partial charge in [-0.3, -0.25) is 0 Å². The minimum absolute atomic E-state index is 0.371. The summed E-state index contributed by atoms with van der Waals surface area (Å²) in [5, 5.41) is 10.0. The quantitative estimate of drug-likeness (QED) is 0.744. The van der Waals surface area contributed by atoms with E-state index in [0.29, 0.717) is 5.56 Å². The maximum Gasteiger partial charge on any atom is 0.335 e. The smallest absolute Gasteiger partial charge is 0.335 e. The highest BCUT2D eigenvalue weighted by molar-refractivity contribution is 5.95. The van der Waals surface area contributed by atoms with Crippen molar-refractivity contribution in [2.75, 3.05) is 0 Å². The molecule has 1 aliphatic rings. The van der Waals surface area contributed by atoms with Crippen molar-refractivity contribution >= 4 is 16.9 Å². The molecule has 3 heteroatoms. The fraction of sp³-hybridized carbons (Fsp3) is 0.250. The van der Waals surface area contributed by atoms with Crippen LogP contribution in [0.3, 0.4) is 0 Å². The largest absolute Gasteiger partial charge is 0.478 e. The molecular formula is C12H11NO2. The van der Waals surface area contributed by atoms with E-state index in [1.807, 2.05) is 6.07 Å². The molecule has 0 saturated carbocycles. The number of fused-ring (bicyclic) bond motifs is 3. The molecule has 1 aromatic heterocycles. The second-order valence-corrected chi connectivity index (χ2v) is 4.00. The summed E-state index contributed by atoms with van der Waals surface area (Å²) in [6.07, 6.45) is 3.33. The van der Waals surface area contributed by atoms with Gasteiger partial charge in [-0.05, 0) is 43.0 Å². The van der Waals surface area contributed by atoms with Gasteiger partial charge in [-0.25, -0.2) is 4.79 Å². The standard InChI is InChI=1S/C12H11NO2/c14-12(15)7-4-5-11-9(6-7)8-2-1-3-10(8)13-11/h4-6,13H,1-3H2,(H,14,15). The SMILES string of the molecule is O=C(O)c1ccc2[nH]c3c(c2c1)CCC3. The van der Waals surface area contributed by atoms with Crippen molar-refractivity contribution in [1.29, 1.82) is 0 Å². The summed E-state index contributed by atoms with van der Waals surface area (Å²) in [7, 11) is 0. The molecule has 1 aromatic carbocycles. The van der Waals surface area contributed by atoms with Crippen LogP contribution in [0.25, 0.3) is 10.9 Å². The lowest BCUT2D eigenvalue weighted by Crippen LogP contribution is -1.95. The van der Waals surface area contributed by atoms with E-state index in [-0.39, 0.29) is 0 Å². The van der Waals surface area contributed by atoms with Gasteiger partial charge in [-0.15, -0.1) is 0 Å². The molecule has 0 bridgehead atoms. The van der Waals surface area contributed by atoms with Crippen LogP contribution in [0.1, 0.15) is 28.0 Å². The Labute approximate surface area is 86.7 Å². The highest BCUT2D eigenvalue weighted by Crippen LogP contribution is 2.30. The second-order valence-electron chi connectivity index (χ2n) is 4.00. The van der Waals surface area contributed by atoms with Crippen molar-refractivity contribution in [1.82, 2.24) is 4.98 Å². The van der Waals surface area contributed by atoms with Gasteiger partial charge >= 0.3 is 5.97 Å². The monoisotopic (exact) mass is 201 g/mol. The van der Waals surface area contributed by atoms with Gasteiger partial charge in [-0.1, -0.05) is 0 Å². The van der Waals surface area contributed by atoms with Gasteiger partial charge in [0.1, 0.15) is 0 Å². The number of carboxylic acid groups (broad SMARTS) is 1. The van der Waals surface area contributed by atoms with E-state index >= 15 is 0 Å². The van der Waals surface area contributed by atoms with Gasteiger partial charge < -0.3 is 10.1 Å². The lowest BCUT2D eigenvalue weighted by Gasteiger charge is -1.96. The van der Waals surface area contributed by atoms with E-state index in [2.05, 4.69) is 4.98 Å². The molecule has 0 atom stereocenters. The molecular weight excluding hydrogens is 190 g/mol. The molecule has 2 N–H and O–H groups in total. The van der Waals surface area contributed by atoms with Crippen LogP contribution in [0.5, 0.6) is 0 Å². The third-order valence-electron chi connectivity index (χ3n) is 3.10. The maximum atomic E-state index is 10.9. The van der Waals surface area contributed by atoms with Crippen molar-refractivity contribution in [3.63, 3.8) is 0 Å². The Morgan fingerprint density at radius 3 is 3.00 bits per heavy atom. The summed E-state index contributed by atoms with van der Waals surface area (Å²) in [6.45, 7) is 0. The predicted octanol–water partition coefficient (Wildman–Crippen LogP) is 2.35. The summed E-state index contributed by atoms with van der Waals surface area (Å²) >= 11 is 0. The van der Waals surface area contributed by atoms with Crippen LogP contribution in [-0.4, -0.2) is 16.1 Å². The number of aromatic nitrogens is 1. The summed E-state index contributed by atoms with van der Waals surface area (Å²) in [5.41, 5.74) is 4.03. The van der Waals surface area contributed by atoms with Crippen molar-refractivity contribution in [2.24, 2.45) is 0 Å². The number of carbonyl (C=O) groups is 1. The first kappa shape index (κ1) is 8.53. The number of hydrogen-bond acceptors (Lipinski definition) is 1. The molecule has 1 aliphatic carbocycles. The molecule has 3 nitrogen and oxygen atoms in total. The average Bonchev–Trinajstić information content (AvgIpc) is 2.75. The highest BCUT2D eigenvalue weighted by atomic mass is 16.4. The van der Waals surface area contributed by atoms with Crippen LogP contribution in [0, 0.1) is 0 Å². The molecule has 15 heavy (non-hydrogen) atoms. The summed E-state index contributed by atoms with van der Waals surface area (Å²) in [4.78, 5) is 14.2. The molecule has 0 amide bonds. The van der Waals surface area contributed by atoms with E-state index in [1.54, 1.807) is 12.1 Å². The third kappa shape index (κ3) is 1.16. The summed E-state index contributed by atoms with van der Waals surface area (Å²) in [6, 6.07) is 5.28. The number of nitrogens with one attached hydrogen (secondary N) is 1.